The molecule has 0 aromatic carbocycles. The van der Waals surface area contributed by atoms with Gasteiger partial charge in [0.25, 0.3) is 0 Å². The number of ether oxygens (including phenoxy) is 3. The minimum atomic E-state index is -0.215. The quantitative estimate of drug-likeness (QED) is 0.677. The van der Waals surface area contributed by atoms with Gasteiger partial charge < -0.3 is 19.5 Å². The van der Waals surface area contributed by atoms with Crippen molar-refractivity contribution in [1.82, 2.24) is 5.32 Å². The Kier molecular flexibility index (Phi) is 7.34. The molecule has 19 heavy (non-hydrogen) atoms. The molecule has 0 aliphatic carbocycles. The van der Waals surface area contributed by atoms with Gasteiger partial charge in [0.1, 0.15) is 6.04 Å². The predicted octanol–water partition coefficient (Wildman–Crippen LogP) is 1.36. The minimum Gasteiger partial charge on any atom is -0.468 e. The molecule has 1 N–H and O–H groups in total. The fourth-order valence-electron chi connectivity index (χ4n) is 2.51. The Morgan fingerprint density at radius 3 is 2.58 bits per heavy atom. The summed E-state index contributed by atoms with van der Waals surface area (Å²) in [5.74, 6) is -0.184. The summed E-state index contributed by atoms with van der Waals surface area (Å²) in [5.41, 5.74) is 0.176. The van der Waals surface area contributed by atoms with Gasteiger partial charge in [-0.2, -0.15) is 0 Å². The van der Waals surface area contributed by atoms with Gasteiger partial charge in [-0.25, -0.2) is 0 Å². The second kappa shape index (κ2) is 8.51. The van der Waals surface area contributed by atoms with Crippen molar-refractivity contribution in [3.05, 3.63) is 0 Å². The monoisotopic (exact) mass is 273 g/mol. The van der Waals surface area contributed by atoms with Gasteiger partial charge in [0.15, 0.2) is 0 Å². The van der Waals surface area contributed by atoms with Crippen LogP contribution in [-0.4, -0.2) is 52.6 Å². The molecule has 1 unspecified atom stereocenters. The van der Waals surface area contributed by atoms with E-state index in [0.29, 0.717) is 0 Å². The van der Waals surface area contributed by atoms with Crippen molar-refractivity contribution in [3.8, 4) is 0 Å². The van der Waals surface area contributed by atoms with Crippen LogP contribution in [0.2, 0.25) is 0 Å². The number of esters is 1. The first kappa shape index (κ1) is 16.4. The first-order valence-electron chi connectivity index (χ1n) is 7.05. The zero-order chi connectivity index (χ0) is 14.1. The van der Waals surface area contributed by atoms with Crippen LogP contribution in [-0.2, 0) is 19.0 Å². The maximum atomic E-state index is 11.6. The van der Waals surface area contributed by atoms with E-state index in [0.717, 1.165) is 52.0 Å². The van der Waals surface area contributed by atoms with E-state index >= 15 is 0 Å². The fourth-order valence-corrected chi connectivity index (χ4v) is 2.51. The molecule has 5 nitrogen and oxygen atoms in total. The van der Waals surface area contributed by atoms with Crippen LogP contribution in [0.3, 0.4) is 0 Å². The Balaban J connectivity index is 2.53. The Labute approximate surface area is 116 Å². The molecule has 0 aromatic heterocycles. The van der Waals surface area contributed by atoms with Gasteiger partial charge in [0.2, 0.25) is 0 Å². The van der Waals surface area contributed by atoms with Gasteiger partial charge in [-0.15, -0.1) is 0 Å². The number of methoxy groups -OCH3 is 2. The predicted molar refractivity (Wildman–Crippen MR) is 73.1 cm³/mol. The summed E-state index contributed by atoms with van der Waals surface area (Å²) in [4.78, 5) is 11.6. The van der Waals surface area contributed by atoms with Crippen molar-refractivity contribution >= 4 is 5.97 Å². The van der Waals surface area contributed by atoms with Crippen LogP contribution >= 0.6 is 0 Å². The highest BCUT2D eigenvalue weighted by atomic mass is 16.5. The van der Waals surface area contributed by atoms with E-state index in [1.165, 1.54) is 7.11 Å². The maximum Gasteiger partial charge on any atom is 0.322 e. The summed E-state index contributed by atoms with van der Waals surface area (Å²) >= 11 is 0. The first-order chi connectivity index (χ1) is 9.17. The van der Waals surface area contributed by atoms with Gasteiger partial charge in [-0.05, 0) is 31.1 Å². The van der Waals surface area contributed by atoms with Gasteiger partial charge in [0, 0.05) is 33.5 Å². The molecule has 0 spiro atoms. The van der Waals surface area contributed by atoms with E-state index in [1.54, 1.807) is 7.11 Å². The zero-order valence-electron chi connectivity index (χ0n) is 12.4. The van der Waals surface area contributed by atoms with Crippen molar-refractivity contribution in [2.24, 2.45) is 5.41 Å². The van der Waals surface area contributed by atoms with Crippen LogP contribution in [0.15, 0.2) is 0 Å². The molecular weight excluding hydrogens is 246 g/mol. The number of hydrogen-bond donors (Lipinski definition) is 1. The highest BCUT2D eigenvalue weighted by molar-refractivity contribution is 5.75. The molecule has 1 rings (SSSR count). The summed E-state index contributed by atoms with van der Waals surface area (Å²) in [6.07, 6.45) is 3.77. The molecule has 1 aliphatic rings. The average molecular weight is 273 g/mol. The third kappa shape index (κ3) is 5.09. The number of hydrogen-bond acceptors (Lipinski definition) is 5. The Morgan fingerprint density at radius 2 is 2.05 bits per heavy atom. The minimum absolute atomic E-state index is 0.176. The lowest BCUT2D eigenvalue weighted by Crippen LogP contribution is -2.46. The lowest BCUT2D eigenvalue weighted by atomic mass is 9.77. The highest BCUT2D eigenvalue weighted by Gasteiger charge is 2.33. The molecule has 1 atom stereocenters. The van der Waals surface area contributed by atoms with Gasteiger partial charge >= 0.3 is 5.97 Å². The first-order valence-corrected chi connectivity index (χ1v) is 7.05. The van der Waals surface area contributed by atoms with Crippen LogP contribution in [0.5, 0.6) is 0 Å². The van der Waals surface area contributed by atoms with Crippen LogP contribution < -0.4 is 5.32 Å². The third-order valence-corrected chi connectivity index (χ3v) is 4.01. The molecule has 0 aromatic rings. The molecule has 1 heterocycles. The zero-order valence-corrected chi connectivity index (χ0v) is 12.4. The van der Waals surface area contributed by atoms with Gasteiger partial charge in [-0.1, -0.05) is 6.92 Å². The largest absolute Gasteiger partial charge is 0.468 e. The standard InChI is InChI=1S/C14H27NO4/c1-4-12(13(16)18-3)15-11-14(5-8-17-2)6-9-19-10-7-14/h12,15H,4-11H2,1-3H3. The molecule has 1 fully saturated rings. The Hall–Kier alpha value is -0.650. The number of nitrogens with one attached hydrogen (secondary N) is 1. The fraction of sp³-hybridized carbons (Fsp3) is 0.929. The van der Waals surface area contributed by atoms with Crippen LogP contribution in [0.1, 0.15) is 32.6 Å². The highest BCUT2D eigenvalue weighted by Crippen LogP contribution is 2.33. The van der Waals surface area contributed by atoms with E-state index in [1.807, 2.05) is 6.92 Å². The Morgan fingerprint density at radius 1 is 1.37 bits per heavy atom. The summed E-state index contributed by atoms with van der Waals surface area (Å²) in [7, 11) is 3.16. The summed E-state index contributed by atoms with van der Waals surface area (Å²) in [5, 5.41) is 3.35. The molecule has 0 bridgehead atoms. The summed E-state index contributed by atoms with van der Waals surface area (Å²) in [6, 6.07) is -0.215. The third-order valence-electron chi connectivity index (χ3n) is 4.01. The molecule has 0 saturated carbocycles. The Bertz CT molecular complexity index is 264. The molecular formula is C14H27NO4. The molecule has 1 saturated heterocycles. The van der Waals surface area contributed by atoms with Crippen molar-refractivity contribution in [1.29, 1.82) is 0 Å². The topological polar surface area (TPSA) is 56.8 Å². The number of carbonyl (C=O) groups excluding carboxylic acids is 1. The van der Waals surface area contributed by atoms with Gasteiger partial charge in [0.05, 0.1) is 7.11 Å². The summed E-state index contributed by atoms with van der Waals surface area (Å²) in [6.45, 7) is 5.13. The van der Waals surface area contributed by atoms with Crippen LogP contribution in [0, 0.1) is 5.41 Å². The van der Waals surface area contributed by atoms with Crippen LogP contribution in [0.4, 0.5) is 0 Å². The normalized spacial score (nSPS) is 19.9. The summed E-state index contributed by atoms with van der Waals surface area (Å²) < 4.78 is 15.5. The van der Waals surface area contributed by atoms with Crippen molar-refractivity contribution in [2.45, 2.75) is 38.6 Å². The van der Waals surface area contributed by atoms with Crippen LogP contribution in [0.25, 0.3) is 0 Å². The molecule has 1 aliphatic heterocycles. The lowest BCUT2D eigenvalue weighted by molar-refractivity contribution is -0.143. The molecule has 112 valence electrons. The van der Waals surface area contributed by atoms with Crippen molar-refractivity contribution in [2.75, 3.05) is 40.6 Å². The molecule has 0 amide bonds. The van der Waals surface area contributed by atoms with Crippen molar-refractivity contribution < 1.29 is 19.0 Å². The second-order valence-corrected chi connectivity index (χ2v) is 5.22. The lowest BCUT2D eigenvalue weighted by Gasteiger charge is -2.38. The smallest absolute Gasteiger partial charge is 0.322 e. The van der Waals surface area contributed by atoms with E-state index < -0.39 is 0 Å². The van der Waals surface area contributed by atoms with E-state index in [4.69, 9.17) is 14.2 Å². The van der Waals surface area contributed by atoms with E-state index in [9.17, 15) is 4.79 Å². The second-order valence-electron chi connectivity index (χ2n) is 5.22. The van der Waals surface area contributed by atoms with Crippen molar-refractivity contribution in [3.63, 3.8) is 0 Å². The van der Waals surface area contributed by atoms with Gasteiger partial charge in [-0.3, -0.25) is 4.79 Å². The van der Waals surface area contributed by atoms with E-state index in [-0.39, 0.29) is 17.4 Å². The molecule has 5 heteroatoms. The maximum absolute atomic E-state index is 11.6. The number of rotatable bonds is 8. The number of carbonyl (C=O) groups is 1. The SMILES string of the molecule is CCC(NCC1(CCOC)CCOCC1)C(=O)OC. The molecule has 0 radical (unpaired) electrons. The average Bonchev–Trinajstić information content (AvgIpc) is 2.46. The van der Waals surface area contributed by atoms with E-state index in [2.05, 4.69) is 5.32 Å².